The normalized spacial score (nSPS) is 18.5. The summed E-state index contributed by atoms with van der Waals surface area (Å²) in [6.07, 6.45) is 0. The maximum Gasteiger partial charge on any atom is 0.277 e. The third-order valence-corrected chi connectivity index (χ3v) is 3.58. The van der Waals surface area contributed by atoms with Gasteiger partial charge in [-0.15, -0.1) is 0 Å². The van der Waals surface area contributed by atoms with Gasteiger partial charge in [0, 0.05) is 18.6 Å². The van der Waals surface area contributed by atoms with Crippen molar-refractivity contribution in [1.82, 2.24) is 10.2 Å². The highest BCUT2D eigenvalue weighted by Gasteiger charge is 2.23. The Hall–Kier alpha value is -1.59. The molecule has 2 amide bonds. The Bertz CT molecular complexity index is 507. The van der Waals surface area contributed by atoms with Gasteiger partial charge in [-0.3, -0.25) is 9.59 Å². The van der Waals surface area contributed by atoms with Crippen LogP contribution in [0.2, 0.25) is 5.02 Å². The summed E-state index contributed by atoms with van der Waals surface area (Å²) in [5, 5.41) is 3.43. The number of benzene rings is 1. The van der Waals surface area contributed by atoms with Gasteiger partial charge < -0.3 is 15.1 Å². The first-order chi connectivity index (χ1) is 9.54. The summed E-state index contributed by atoms with van der Waals surface area (Å²) in [6.45, 7) is 2.68. The monoisotopic (exact) mass is 296 g/mol. The molecule has 0 saturated carbocycles. The number of quaternary nitrogens is 1. The molecule has 1 aliphatic rings. The Morgan fingerprint density at radius 2 is 2.30 bits per heavy atom. The van der Waals surface area contributed by atoms with Crippen LogP contribution in [0.3, 0.4) is 0 Å². The molecule has 1 aromatic rings. The number of nitrogens with one attached hydrogen (secondary N) is 2. The Balaban J connectivity index is 1.87. The molecule has 1 fully saturated rings. The Kier molecular flexibility index (Phi) is 4.98. The first kappa shape index (κ1) is 14.8. The third-order valence-electron chi connectivity index (χ3n) is 3.35. The van der Waals surface area contributed by atoms with Crippen LogP contribution in [0, 0.1) is 0 Å². The first-order valence-corrected chi connectivity index (χ1v) is 7.01. The largest absolute Gasteiger partial charge is 0.346 e. The van der Waals surface area contributed by atoms with E-state index in [1.807, 2.05) is 24.3 Å². The van der Waals surface area contributed by atoms with Crippen LogP contribution in [-0.4, -0.2) is 49.9 Å². The van der Waals surface area contributed by atoms with Crippen molar-refractivity contribution in [3.8, 4) is 0 Å². The number of amides is 2. The van der Waals surface area contributed by atoms with E-state index in [2.05, 4.69) is 5.32 Å². The fourth-order valence-corrected chi connectivity index (χ4v) is 2.47. The van der Waals surface area contributed by atoms with Crippen LogP contribution >= 0.6 is 11.6 Å². The smallest absolute Gasteiger partial charge is 0.277 e. The zero-order chi connectivity index (χ0) is 14.5. The summed E-state index contributed by atoms with van der Waals surface area (Å²) in [4.78, 5) is 26.1. The summed E-state index contributed by atoms with van der Waals surface area (Å²) in [5.74, 6) is 0.0474. The highest BCUT2D eigenvalue weighted by atomic mass is 35.5. The van der Waals surface area contributed by atoms with E-state index in [0.29, 0.717) is 31.2 Å². The average Bonchev–Trinajstić information content (AvgIpc) is 2.38. The van der Waals surface area contributed by atoms with E-state index in [0.717, 1.165) is 17.0 Å². The van der Waals surface area contributed by atoms with Crippen LogP contribution in [0.4, 0.5) is 0 Å². The zero-order valence-corrected chi connectivity index (χ0v) is 12.2. The second-order valence-corrected chi connectivity index (χ2v) is 5.52. The molecule has 1 aromatic carbocycles. The third kappa shape index (κ3) is 4.21. The summed E-state index contributed by atoms with van der Waals surface area (Å²) in [6, 6.07) is 7.48. The van der Waals surface area contributed by atoms with Crippen molar-refractivity contribution < 1.29 is 14.5 Å². The molecule has 5 nitrogen and oxygen atoms in total. The Morgan fingerprint density at radius 1 is 1.50 bits per heavy atom. The van der Waals surface area contributed by atoms with Gasteiger partial charge in [-0.1, -0.05) is 23.7 Å². The minimum absolute atomic E-state index is 0.0107. The van der Waals surface area contributed by atoms with Gasteiger partial charge in [0.1, 0.15) is 0 Å². The molecule has 6 heteroatoms. The van der Waals surface area contributed by atoms with Gasteiger partial charge in [-0.2, -0.15) is 0 Å². The van der Waals surface area contributed by atoms with Crippen LogP contribution in [0.1, 0.15) is 5.56 Å². The van der Waals surface area contributed by atoms with Gasteiger partial charge in [-0.25, -0.2) is 0 Å². The molecule has 108 valence electrons. The summed E-state index contributed by atoms with van der Waals surface area (Å²) >= 11 is 5.93. The van der Waals surface area contributed by atoms with Gasteiger partial charge in [0.15, 0.2) is 13.1 Å². The van der Waals surface area contributed by atoms with E-state index in [-0.39, 0.29) is 11.8 Å². The van der Waals surface area contributed by atoms with Crippen LogP contribution in [-0.2, 0) is 16.1 Å². The lowest BCUT2D eigenvalue weighted by Crippen LogP contribution is -3.16. The molecule has 1 saturated heterocycles. The van der Waals surface area contributed by atoms with Crippen LogP contribution < -0.4 is 10.2 Å². The highest BCUT2D eigenvalue weighted by Crippen LogP contribution is 2.11. The second kappa shape index (κ2) is 6.72. The van der Waals surface area contributed by atoms with Gasteiger partial charge >= 0.3 is 0 Å². The molecular weight excluding hydrogens is 278 g/mol. The molecule has 0 aromatic heterocycles. The molecule has 0 spiro atoms. The number of piperazine rings is 1. The standard InChI is InChI=1S/C14H18ClN3O2/c1-17(8-11-3-2-4-12(15)7-11)14(20)10-18-6-5-16-13(19)9-18/h2-4,7H,5-6,8-10H2,1H3,(H,16,19)/p+1. The Morgan fingerprint density at radius 3 is 3.00 bits per heavy atom. The van der Waals surface area contributed by atoms with Crippen molar-refractivity contribution in [3.05, 3.63) is 34.9 Å². The summed E-state index contributed by atoms with van der Waals surface area (Å²) < 4.78 is 0. The molecule has 0 radical (unpaired) electrons. The summed E-state index contributed by atoms with van der Waals surface area (Å²) in [7, 11) is 1.77. The molecule has 1 heterocycles. The van der Waals surface area contributed by atoms with Gasteiger partial charge in [0.25, 0.3) is 11.8 Å². The maximum atomic E-state index is 12.1. The van der Waals surface area contributed by atoms with Gasteiger partial charge in [-0.05, 0) is 17.7 Å². The van der Waals surface area contributed by atoms with Crippen molar-refractivity contribution in [2.45, 2.75) is 6.54 Å². The molecule has 2 N–H and O–H groups in total. The van der Waals surface area contributed by atoms with Crippen LogP contribution in [0.5, 0.6) is 0 Å². The lowest BCUT2D eigenvalue weighted by Gasteiger charge is -2.25. The number of nitrogens with zero attached hydrogens (tertiary/aromatic N) is 1. The molecule has 20 heavy (non-hydrogen) atoms. The van der Waals surface area contributed by atoms with Crippen molar-refractivity contribution >= 4 is 23.4 Å². The SMILES string of the molecule is CN(Cc1cccc(Cl)c1)C(=O)C[NH+]1CCNC(=O)C1. The van der Waals surface area contributed by atoms with E-state index in [1.165, 1.54) is 0 Å². The van der Waals surface area contributed by atoms with E-state index < -0.39 is 0 Å². The number of carbonyl (C=O) groups excluding carboxylic acids is 2. The predicted octanol–water partition coefficient (Wildman–Crippen LogP) is -0.687. The van der Waals surface area contributed by atoms with Crippen molar-refractivity contribution in [2.75, 3.05) is 33.2 Å². The van der Waals surface area contributed by atoms with E-state index in [4.69, 9.17) is 11.6 Å². The molecule has 1 aliphatic heterocycles. The number of carbonyl (C=O) groups is 2. The fraction of sp³-hybridized carbons (Fsp3) is 0.429. The van der Waals surface area contributed by atoms with Crippen molar-refractivity contribution in [1.29, 1.82) is 0 Å². The minimum atomic E-state index is 0.0107. The van der Waals surface area contributed by atoms with Crippen LogP contribution in [0.25, 0.3) is 0 Å². The number of likely N-dealkylation sites (N-methyl/N-ethyl adjacent to an activating group) is 1. The Labute approximate surface area is 123 Å². The molecule has 1 atom stereocenters. The van der Waals surface area contributed by atoms with E-state index in [1.54, 1.807) is 11.9 Å². The van der Waals surface area contributed by atoms with Crippen molar-refractivity contribution in [3.63, 3.8) is 0 Å². The van der Waals surface area contributed by atoms with E-state index >= 15 is 0 Å². The predicted molar refractivity (Wildman–Crippen MR) is 76.5 cm³/mol. The second-order valence-electron chi connectivity index (χ2n) is 5.08. The lowest BCUT2D eigenvalue weighted by atomic mass is 10.2. The molecular formula is C14H19ClN3O2+. The van der Waals surface area contributed by atoms with Gasteiger partial charge in [0.2, 0.25) is 0 Å². The number of rotatable bonds is 4. The highest BCUT2D eigenvalue weighted by molar-refractivity contribution is 6.30. The minimum Gasteiger partial charge on any atom is -0.346 e. The van der Waals surface area contributed by atoms with Crippen molar-refractivity contribution in [2.24, 2.45) is 0 Å². The quantitative estimate of drug-likeness (QED) is 0.773. The number of hydrogen-bond acceptors (Lipinski definition) is 2. The number of hydrogen-bond donors (Lipinski definition) is 2. The topological polar surface area (TPSA) is 53.9 Å². The zero-order valence-electron chi connectivity index (χ0n) is 11.5. The van der Waals surface area contributed by atoms with E-state index in [9.17, 15) is 9.59 Å². The molecule has 0 aliphatic carbocycles. The lowest BCUT2D eigenvalue weighted by molar-refractivity contribution is -0.885. The molecule has 0 bridgehead atoms. The van der Waals surface area contributed by atoms with Crippen LogP contribution in [0.15, 0.2) is 24.3 Å². The molecule has 1 unspecified atom stereocenters. The van der Waals surface area contributed by atoms with Gasteiger partial charge in [0.05, 0.1) is 13.1 Å². The fourth-order valence-electron chi connectivity index (χ4n) is 2.25. The first-order valence-electron chi connectivity index (χ1n) is 6.63. The average molecular weight is 297 g/mol. The summed E-state index contributed by atoms with van der Waals surface area (Å²) in [5.41, 5.74) is 1.000. The number of halogens is 1. The maximum absolute atomic E-state index is 12.1. The molecule has 2 rings (SSSR count).